The van der Waals surface area contributed by atoms with Crippen LogP contribution in [0.4, 0.5) is 0 Å². The van der Waals surface area contributed by atoms with E-state index in [9.17, 15) is 0 Å². The molecule has 0 aliphatic rings. The van der Waals surface area contributed by atoms with Gasteiger partial charge < -0.3 is 5.73 Å². The quantitative estimate of drug-likeness (QED) is 0.909. The minimum atomic E-state index is 0.628. The van der Waals surface area contributed by atoms with E-state index in [0.29, 0.717) is 6.54 Å². The standard InChI is InChI=1S/C15H19ClN2S/c1-11-13(7-15(8-17)19-11)10-18(2)9-12-4-3-5-14(16)6-12/h3-7H,8-10,17H2,1-2H3. The molecule has 1 heterocycles. The molecule has 2 aromatic rings. The number of halogens is 1. The maximum Gasteiger partial charge on any atom is 0.0409 e. The summed E-state index contributed by atoms with van der Waals surface area (Å²) >= 11 is 7.80. The van der Waals surface area contributed by atoms with Crippen LogP contribution in [0.5, 0.6) is 0 Å². The van der Waals surface area contributed by atoms with Gasteiger partial charge >= 0.3 is 0 Å². The van der Waals surface area contributed by atoms with Crippen molar-refractivity contribution >= 4 is 22.9 Å². The fourth-order valence-electron chi connectivity index (χ4n) is 2.14. The van der Waals surface area contributed by atoms with Gasteiger partial charge in [0.05, 0.1) is 0 Å². The van der Waals surface area contributed by atoms with Crippen LogP contribution in [0.15, 0.2) is 30.3 Å². The molecule has 0 spiro atoms. The molecule has 1 aromatic carbocycles. The van der Waals surface area contributed by atoms with E-state index in [-0.39, 0.29) is 0 Å². The summed E-state index contributed by atoms with van der Waals surface area (Å²) in [5.41, 5.74) is 8.29. The van der Waals surface area contributed by atoms with E-state index in [0.717, 1.165) is 18.1 Å². The monoisotopic (exact) mass is 294 g/mol. The van der Waals surface area contributed by atoms with E-state index in [1.165, 1.54) is 20.9 Å². The normalized spacial score (nSPS) is 11.2. The Labute approximate surface area is 123 Å². The molecule has 2 nitrogen and oxygen atoms in total. The first-order valence-electron chi connectivity index (χ1n) is 6.29. The first-order chi connectivity index (χ1) is 9.08. The Morgan fingerprint density at radius 3 is 2.68 bits per heavy atom. The first-order valence-corrected chi connectivity index (χ1v) is 7.49. The third-order valence-electron chi connectivity index (χ3n) is 3.05. The molecular weight excluding hydrogens is 276 g/mol. The Bertz CT molecular complexity index is 551. The second-order valence-electron chi connectivity index (χ2n) is 4.80. The van der Waals surface area contributed by atoms with Gasteiger partial charge in [-0.3, -0.25) is 4.90 Å². The van der Waals surface area contributed by atoms with Crippen LogP contribution in [-0.4, -0.2) is 11.9 Å². The molecule has 0 bridgehead atoms. The zero-order chi connectivity index (χ0) is 13.8. The Balaban J connectivity index is 2.00. The lowest BCUT2D eigenvalue weighted by Crippen LogP contribution is -2.17. The molecule has 2 N–H and O–H groups in total. The van der Waals surface area contributed by atoms with E-state index in [1.807, 2.05) is 18.2 Å². The predicted molar refractivity (Wildman–Crippen MR) is 83.6 cm³/mol. The van der Waals surface area contributed by atoms with Crippen molar-refractivity contribution in [1.29, 1.82) is 0 Å². The number of thiophene rings is 1. The molecule has 1 aromatic heterocycles. The zero-order valence-electron chi connectivity index (χ0n) is 11.3. The summed E-state index contributed by atoms with van der Waals surface area (Å²) in [5.74, 6) is 0. The van der Waals surface area contributed by atoms with Gasteiger partial charge in [0.25, 0.3) is 0 Å². The van der Waals surface area contributed by atoms with E-state index >= 15 is 0 Å². The van der Waals surface area contributed by atoms with Crippen LogP contribution in [-0.2, 0) is 19.6 Å². The summed E-state index contributed by atoms with van der Waals surface area (Å²) in [6, 6.07) is 10.2. The number of benzene rings is 1. The Hall–Kier alpha value is -0.870. The summed E-state index contributed by atoms with van der Waals surface area (Å²) in [6.45, 7) is 4.62. The summed E-state index contributed by atoms with van der Waals surface area (Å²) in [7, 11) is 2.13. The molecule has 0 saturated carbocycles. The molecular formula is C15H19ClN2S. The SMILES string of the molecule is Cc1sc(CN)cc1CN(C)Cc1cccc(Cl)c1. The Morgan fingerprint density at radius 1 is 1.26 bits per heavy atom. The largest absolute Gasteiger partial charge is 0.326 e. The van der Waals surface area contributed by atoms with Crippen molar-refractivity contribution in [3.8, 4) is 0 Å². The van der Waals surface area contributed by atoms with Crippen LogP contribution < -0.4 is 5.73 Å². The summed E-state index contributed by atoms with van der Waals surface area (Å²) in [5, 5.41) is 0.794. The smallest absolute Gasteiger partial charge is 0.0409 e. The molecule has 4 heteroatoms. The number of hydrogen-bond acceptors (Lipinski definition) is 3. The lowest BCUT2D eigenvalue weighted by Gasteiger charge is -2.16. The maximum absolute atomic E-state index is 6.01. The molecule has 2 rings (SSSR count). The average Bonchev–Trinajstić information content (AvgIpc) is 2.70. The Kier molecular flexibility index (Phi) is 4.99. The van der Waals surface area contributed by atoms with E-state index in [4.69, 9.17) is 17.3 Å². The van der Waals surface area contributed by atoms with Crippen molar-refractivity contribution in [2.24, 2.45) is 5.73 Å². The highest BCUT2D eigenvalue weighted by molar-refractivity contribution is 7.12. The second-order valence-corrected chi connectivity index (χ2v) is 6.58. The molecule has 0 radical (unpaired) electrons. The average molecular weight is 295 g/mol. The molecule has 19 heavy (non-hydrogen) atoms. The summed E-state index contributed by atoms with van der Waals surface area (Å²) in [4.78, 5) is 4.91. The first kappa shape index (κ1) is 14.5. The summed E-state index contributed by atoms with van der Waals surface area (Å²) in [6.07, 6.45) is 0. The van der Waals surface area contributed by atoms with Gasteiger partial charge in [-0.15, -0.1) is 11.3 Å². The maximum atomic E-state index is 6.01. The number of rotatable bonds is 5. The van der Waals surface area contributed by atoms with Crippen molar-refractivity contribution in [2.45, 2.75) is 26.6 Å². The van der Waals surface area contributed by atoms with Crippen molar-refractivity contribution < 1.29 is 0 Å². The number of nitrogens with two attached hydrogens (primary N) is 1. The molecule has 0 amide bonds. The van der Waals surface area contributed by atoms with Gasteiger partial charge in [0, 0.05) is 34.4 Å². The topological polar surface area (TPSA) is 29.3 Å². The third kappa shape index (κ3) is 4.05. The van der Waals surface area contributed by atoms with Gasteiger partial charge in [-0.1, -0.05) is 23.7 Å². The van der Waals surface area contributed by atoms with Crippen LogP contribution in [0.1, 0.15) is 20.9 Å². The molecule has 0 atom stereocenters. The van der Waals surface area contributed by atoms with Gasteiger partial charge in [0.1, 0.15) is 0 Å². The van der Waals surface area contributed by atoms with Gasteiger partial charge in [-0.25, -0.2) is 0 Å². The molecule has 0 saturated heterocycles. The summed E-state index contributed by atoms with van der Waals surface area (Å²) < 4.78 is 0. The van der Waals surface area contributed by atoms with Crippen molar-refractivity contribution in [1.82, 2.24) is 4.90 Å². The highest BCUT2D eigenvalue weighted by atomic mass is 35.5. The molecule has 0 fully saturated rings. The highest BCUT2D eigenvalue weighted by Gasteiger charge is 2.08. The third-order valence-corrected chi connectivity index (χ3v) is 4.40. The van der Waals surface area contributed by atoms with E-state index < -0.39 is 0 Å². The van der Waals surface area contributed by atoms with Gasteiger partial charge in [0.15, 0.2) is 0 Å². The zero-order valence-corrected chi connectivity index (χ0v) is 12.9. The minimum absolute atomic E-state index is 0.628. The minimum Gasteiger partial charge on any atom is -0.326 e. The number of hydrogen-bond donors (Lipinski definition) is 1. The molecule has 0 unspecified atom stereocenters. The Morgan fingerprint density at radius 2 is 2.05 bits per heavy atom. The van der Waals surface area contributed by atoms with Crippen LogP contribution in [0.2, 0.25) is 5.02 Å². The molecule has 102 valence electrons. The predicted octanol–water partition coefficient (Wildman–Crippen LogP) is 3.80. The number of aryl methyl sites for hydroxylation is 1. The number of nitrogens with zero attached hydrogens (tertiary/aromatic N) is 1. The fraction of sp³-hybridized carbons (Fsp3) is 0.333. The van der Waals surface area contributed by atoms with E-state index in [1.54, 1.807) is 11.3 Å². The van der Waals surface area contributed by atoms with Crippen molar-refractivity contribution in [3.63, 3.8) is 0 Å². The lowest BCUT2D eigenvalue weighted by molar-refractivity contribution is 0.319. The highest BCUT2D eigenvalue weighted by Crippen LogP contribution is 2.23. The van der Waals surface area contributed by atoms with Crippen LogP contribution in [0.25, 0.3) is 0 Å². The van der Waals surface area contributed by atoms with Crippen LogP contribution in [0, 0.1) is 6.92 Å². The van der Waals surface area contributed by atoms with Crippen molar-refractivity contribution in [2.75, 3.05) is 7.05 Å². The molecule has 0 aliphatic heterocycles. The van der Waals surface area contributed by atoms with Crippen molar-refractivity contribution in [3.05, 3.63) is 56.2 Å². The van der Waals surface area contributed by atoms with E-state index in [2.05, 4.69) is 31.0 Å². The van der Waals surface area contributed by atoms with Crippen LogP contribution in [0.3, 0.4) is 0 Å². The lowest BCUT2D eigenvalue weighted by atomic mass is 10.2. The fourth-order valence-corrected chi connectivity index (χ4v) is 3.28. The van der Waals surface area contributed by atoms with Gasteiger partial charge in [0.2, 0.25) is 0 Å². The van der Waals surface area contributed by atoms with Gasteiger partial charge in [-0.2, -0.15) is 0 Å². The van der Waals surface area contributed by atoms with Crippen LogP contribution >= 0.6 is 22.9 Å². The molecule has 0 aliphatic carbocycles. The second kappa shape index (κ2) is 6.53. The van der Waals surface area contributed by atoms with Gasteiger partial charge in [-0.05, 0) is 43.3 Å².